The van der Waals surface area contributed by atoms with Gasteiger partial charge in [-0.15, -0.1) is 12.4 Å². The number of likely N-dealkylation sites (N-methyl/N-ethyl adjacent to an activating group) is 1. The second-order valence-electron chi connectivity index (χ2n) is 3.57. The first kappa shape index (κ1) is 16.7. The average molecular weight is 283 g/mol. The van der Waals surface area contributed by atoms with Crippen LogP contribution in [0.3, 0.4) is 0 Å². The van der Waals surface area contributed by atoms with Crippen molar-refractivity contribution in [3.05, 3.63) is 29.8 Å². The number of hydrogen-bond donors (Lipinski definition) is 2. The van der Waals surface area contributed by atoms with E-state index < -0.39 is 12.6 Å². The minimum atomic E-state index is -4.24. The number of carbonyl (C=O) groups is 1. The molecule has 0 aliphatic heterocycles. The van der Waals surface area contributed by atoms with Gasteiger partial charge in [-0.05, 0) is 24.7 Å². The van der Waals surface area contributed by atoms with Crippen molar-refractivity contribution in [3.8, 4) is 0 Å². The van der Waals surface area contributed by atoms with E-state index in [9.17, 15) is 18.0 Å². The maximum atomic E-state index is 12.2. The summed E-state index contributed by atoms with van der Waals surface area (Å²) in [7, 11) is 1.61. The Hall–Kier alpha value is -1.27. The molecule has 102 valence electrons. The molecule has 0 unspecified atom stereocenters. The minimum absolute atomic E-state index is 0. The smallest absolute Gasteiger partial charge is 0.325 e. The molecule has 1 rings (SSSR count). The van der Waals surface area contributed by atoms with Crippen molar-refractivity contribution in [1.29, 1.82) is 0 Å². The van der Waals surface area contributed by atoms with Gasteiger partial charge in [-0.2, -0.15) is 13.2 Å². The van der Waals surface area contributed by atoms with E-state index in [1.807, 2.05) is 0 Å². The summed E-state index contributed by atoms with van der Waals surface area (Å²) in [6, 6.07) is 5.73. The molecule has 0 atom stereocenters. The van der Waals surface area contributed by atoms with Crippen LogP contribution in [0.1, 0.15) is 5.56 Å². The van der Waals surface area contributed by atoms with Crippen molar-refractivity contribution in [2.75, 3.05) is 18.9 Å². The summed E-state index contributed by atoms with van der Waals surface area (Å²) in [5.41, 5.74) is 0.492. The molecular weight excluding hydrogens is 269 g/mol. The minimum Gasteiger partial charge on any atom is -0.325 e. The summed E-state index contributed by atoms with van der Waals surface area (Å²) in [4.78, 5) is 11.2. The van der Waals surface area contributed by atoms with Crippen LogP contribution < -0.4 is 10.6 Å². The Balaban J connectivity index is 0.00000289. The molecule has 3 nitrogen and oxygen atoms in total. The highest BCUT2D eigenvalue weighted by Gasteiger charge is 2.27. The van der Waals surface area contributed by atoms with Gasteiger partial charge in [0.2, 0.25) is 5.91 Å². The molecule has 7 heteroatoms. The molecule has 0 aliphatic carbocycles. The average Bonchev–Trinajstić information content (AvgIpc) is 2.15. The van der Waals surface area contributed by atoms with E-state index in [-0.39, 0.29) is 30.4 Å². The van der Waals surface area contributed by atoms with Crippen LogP contribution in [0.25, 0.3) is 0 Å². The zero-order valence-electron chi connectivity index (χ0n) is 9.67. The molecule has 2 N–H and O–H groups in total. The lowest BCUT2D eigenvalue weighted by molar-refractivity contribution is -0.127. The largest absolute Gasteiger partial charge is 0.393 e. The lowest BCUT2D eigenvalue weighted by Crippen LogP contribution is -2.25. The summed E-state index contributed by atoms with van der Waals surface area (Å²) >= 11 is 0. The lowest BCUT2D eigenvalue weighted by Gasteiger charge is -2.09. The molecule has 18 heavy (non-hydrogen) atoms. The number of alkyl halides is 3. The number of carbonyl (C=O) groups excluding carboxylic acids is 1. The summed E-state index contributed by atoms with van der Waals surface area (Å²) in [6.07, 6.45) is -5.24. The van der Waals surface area contributed by atoms with Crippen LogP contribution in [0.2, 0.25) is 0 Å². The predicted molar refractivity (Wildman–Crippen MR) is 66.0 cm³/mol. The lowest BCUT2D eigenvalue weighted by atomic mass is 10.1. The third-order valence-electron chi connectivity index (χ3n) is 1.95. The molecule has 0 heterocycles. The molecule has 0 saturated carbocycles. The Bertz CT molecular complexity index is 396. The second-order valence-corrected chi connectivity index (χ2v) is 3.57. The predicted octanol–water partition coefficient (Wildman–Crippen LogP) is 2.37. The fraction of sp³-hybridized carbons (Fsp3) is 0.364. The van der Waals surface area contributed by atoms with Crippen LogP contribution in [-0.2, 0) is 11.2 Å². The van der Waals surface area contributed by atoms with Gasteiger partial charge in [0.1, 0.15) is 0 Å². The Morgan fingerprint density at radius 1 is 1.33 bits per heavy atom. The standard InChI is InChI=1S/C11H13F3N2O.ClH/c1-15-7-10(17)16-9-4-2-3-8(5-9)6-11(12,13)14;/h2-5,15H,6-7H2,1H3,(H,16,17);1H. The van der Waals surface area contributed by atoms with Gasteiger partial charge < -0.3 is 10.6 Å². The normalized spacial score (nSPS) is 10.7. The summed E-state index contributed by atoms with van der Waals surface area (Å²) in [5, 5.41) is 5.15. The highest BCUT2D eigenvalue weighted by molar-refractivity contribution is 5.92. The van der Waals surface area contributed by atoms with Gasteiger partial charge in [-0.25, -0.2) is 0 Å². The highest BCUT2D eigenvalue weighted by atomic mass is 35.5. The van der Waals surface area contributed by atoms with Gasteiger partial charge in [-0.3, -0.25) is 4.79 Å². The third-order valence-corrected chi connectivity index (χ3v) is 1.95. The number of benzene rings is 1. The van der Waals surface area contributed by atoms with Crippen LogP contribution in [0.5, 0.6) is 0 Å². The van der Waals surface area contributed by atoms with Gasteiger partial charge in [0, 0.05) is 5.69 Å². The molecule has 0 fully saturated rings. The van der Waals surface area contributed by atoms with Crippen molar-refractivity contribution in [3.63, 3.8) is 0 Å². The third kappa shape index (κ3) is 6.46. The molecule has 1 aromatic carbocycles. The first-order chi connectivity index (χ1) is 7.90. The molecule has 0 aliphatic rings. The SMILES string of the molecule is CNCC(=O)Nc1cccc(CC(F)(F)F)c1.Cl. The maximum Gasteiger partial charge on any atom is 0.393 e. The second kappa shape index (κ2) is 7.23. The summed E-state index contributed by atoms with van der Waals surface area (Å²) in [6.45, 7) is 0.115. The van der Waals surface area contributed by atoms with Gasteiger partial charge in [-0.1, -0.05) is 12.1 Å². The van der Waals surface area contributed by atoms with Crippen LogP contribution in [0.15, 0.2) is 24.3 Å². The van der Waals surface area contributed by atoms with Crippen molar-refractivity contribution in [2.45, 2.75) is 12.6 Å². The van der Waals surface area contributed by atoms with Crippen LogP contribution in [-0.4, -0.2) is 25.7 Å². The molecule has 0 saturated heterocycles. The van der Waals surface area contributed by atoms with Crippen molar-refractivity contribution < 1.29 is 18.0 Å². The monoisotopic (exact) mass is 282 g/mol. The Morgan fingerprint density at radius 2 is 2.00 bits per heavy atom. The summed E-state index contributed by atoms with van der Waals surface area (Å²) in [5.74, 6) is -0.295. The molecule has 1 amide bonds. The number of anilines is 1. The van der Waals surface area contributed by atoms with E-state index in [0.717, 1.165) is 0 Å². The Kier molecular flexibility index (Phi) is 6.72. The van der Waals surface area contributed by atoms with Crippen LogP contribution >= 0.6 is 12.4 Å². The van der Waals surface area contributed by atoms with Crippen molar-refractivity contribution >= 4 is 24.0 Å². The molecule has 0 spiro atoms. The van der Waals surface area contributed by atoms with E-state index in [0.29, 0.717) is 5.69 Å². The topological polar surface area (TPSA) is 41.1 Å². The van der Waals surface area contributed by atoms with Crippen molar-refractivity contribution in [1.82, 2.24) is 5.32 Å². The number of nitrogens with one attached hydrogen (secondary N) is 2. The molecule has 1 aromatic rings. The summed E-state index contributed by atoms with van der Waals surface area (Å²) < 4.78 is 36.5. The van der Waals surface area contributed by atoms with Crippen LogP contribution in [0, 0.1) is 0 Å². The maximum absolute atomic E-state index is 12.2. The number of hydrogen-bond acceptors (Lipinski definition) is 2. The van der Waals surface area contributed by atoms with E-state index in [1.54, 1.807) is 13.1 Å². The van der Waals surface area contributed by atoms with E-state index in [1.165, 1.54) is 18.2 Å². The fourth-order valence-electron chi connectivity index (χ4n) is 1.36. The molecular formula is C11H14ClF3N2O. The van der Waals surface area contributed by atoms with Crippen molar-refractivity contribution in [2.24, 2.45) is 0 Å². The van der Waals surface area contributed by atoms with Gasteiger partial charge >= 0.3 is 6.18 Å². The Morgan fingerprint density at radius 3 is 2.56 bits per heavy atom. The van der Waals surface area contributed by atoms with E-state index in [2.05, 4.69) is 10.6 Å². The number of halogens is 4. The number of rotatable bonds is 4. The first-order valence-corrected chi connectivity index (χ1v) is 5.01. The fourth-order valence-corrected chi connectivity index (χ4v) is 1.36. The van der Waals surface area contributed by atoms with E-state index >= 15 is 0 Å². The van der Waals surface area contributed by atoms with E-state index in [4.69, 9.17) is 0 Å². The van der Waals surface area contributed by atoms with Gasteiger partial charge in [0.05, 0.1) is 13.0 Å². The highest BCUT2D eigenvalue weighted by Crippen LogP contribution is 2.22. The van der Waals surface area contributed by atoms with Crippen LogP contribution in [0.4, 0.5) is 18.9 Å². The zero-order valence-corrected chi connectivity index (χ0v) is 10.5. The van der Waals surface area contributed by atoms with Gasteiger partial charge in [0.15, 0.2) is 0 Å². The first-order valence-electron chi connectivity index (χ1n) is 5.01. The van der Waals surface area contributed by atoms with Gasteiger partial charge in [0.25, 0.3) is 0 Å². The Labute approximate surface area is 109 Å². The molecule has 0 bridgehead atoms. The molecule has 0 aromatic heterocycles. The zero-order chi connectivity index (χ0) is 12.9. The quantitative estimate of drug-likeness (QED) is 0.890. The number of amides is 1. The molecule has 0 radical (unpaired) electrons.